The summed E-state index contributed by atoms with van der Waals surface area (Å²) in [6.07, 6.45) is 1.83. The first-order valence-electron chi connectivity index (χ1n) is 26.9. The van der Waals surface area contributed by atoms with E-state index in [0.29, 0.717) is 44.8 Å². The Balaban J connectivity index is 1.24. The van der Waals surface area contributed by atoms with Crippen LogP contribution in [0.4, 0.5) is 0 Å². The summed E-state index contributed by atoms with van der Waals surface area (Å²) in [6, 6.07) is 62.4. The molecule has 0 aliphatic carbocycles. The van der Waals surface area contributed by atoms with Crippen LogP contribution in [0.1, 0.15) is 70.4 Å². The topological polar surface area (TPSA) is 50.9 Å². The van der Waals surface area contributed by atoms with E-state index in [0.717, 1.165) is 61.3 Å². The number of rotatable bonds is 8. The Morgan fingerprint density at radius 3 is 1.70 bits per heavy atom. The lowest BCUT2D eigenvalue weighted by atomic mass is 9.84. The lowest BCUT2D eigenvalue weighted by molar-refractivity contribution is 0.471. The van der Waals surface area contributed by atoms with Crippen LogP contribution in [0.5, 0.6) is 5.75 Å². The molecule has 1 N–H and O–H groups in total. The monoisotopic (exact) mass is 878 g/mol. The number of aryl methyl sites for hydroxylation is 1. The number of hydrogen-bond donors (Lipinski definition) is 1. The number of nitrogens with zero attached hydrogens (tertiary/aromatic N) is 3. The van der Waals surface area contributed by atoms with Crippen molar-refractivity contribution >= 4 is 11.0 Å². The van der Waals surface area contributed by atoms with Gasteiger partial charge in [0.1, 0.15) is 11.6 Å². The Bertz CT molecular complexity index is 3730. The van der Waals surface area contributed by atoms with E-state index in [1.54, 1.807) is 30.3 Å². The number of imidazole rings is 1. The molecule has 4 heteroatoms. The summed E-state index contributed by atoms with van der Waals surface area (Å²) in [7, 11) is 0. The molecule has 0 aliphatic heterocycles. The molecule has 0 radical (unpaired) electrons. The number of phenolic OH excluding ortho intramolecular Hbond substituents is 1. The molecule has 67 heavy (non-hydrogen) atoms. The van der Waals surface area contributed by atoms with Crippen molar-refractivity contribution in [2.45, 2.75) is 59.1 Å². The van der Waals surface area contributed by atoms with Gasteiger partial charge in [0.05, 0.1) is 28.0 Å². The van der Waals surface area contributed by atoms with Crippen LogP contribution < -0.4 is 0 Å². The van der Waals surface area contributed by atoms with Crippen molar-refractivity contribution < 1.29 is 17.4 Å². The highest BCUT2D eigenvalue weighted by atomic mass is 16.3. The number of para-hydroxylation sites is 1. The molecule has 0 unspecified atom stereocenters. The maximum absolute atomic E-state index is 12.2. The van der Waals surface area contributed by atoms with E-state index in [9.17, 15) is 5.11 Å². The first kappa shape index (κ1) is 33.6. The van der Waals surface area contributed by atoms with E-state index in [1.807, 2.05) is 96.6 Å². The standard InChI is InChI=1S/C63H55N3O/c1-41-34-52(63(5,6)7)40-55(60(41)67)61-65-59-53(24-17-25-58(59)66(61)57-31-30-51(62(2,3)4)39-54(57)46-22-15-10-16-23-46)49-35-48(43-20-13-9-14-21-43)36-50(37-49)56-38-47(32-33-64-56)45-28-26-44(27-29-45)42-18-11-8-12-19-42/h8-40,67H,1-7H3/i2D3,3D3,4D3. The summed E-state index contributed by atoms with van der Waals surface area (Å²) < 4.78 is 79.5. The maximum atomic E-state index is 12.2. The molecule has 0 amide bonds. The van der Waals surface area contributed by atoms with E-state index in [2.05, 4.69) is 93.6 Å². The van der Waals surface area contributed by atoms with Crippen molar-refractivity contribution in [1.82, 2.24) is 14.5 Å². The molecular formula is C63H55N3O. The Kier molecular flexibility index (Phi) is 8.63. The van der Waals surface area contributed by atoms with Crippen molar-refractivity contribution in [3.63, 3.8) is 0 Å². The summed E-state index contributed by atoms with van der Waals surface area (Å²) in [4.78, 5) is 10.4. The van der Waals surface area contributed by atoms with Crippen LogP contribution in [-0.4, -0.2) is 19.6 Å². The quantitative estimate of drug-likeness (QED) is 0.165. The molecule has 0 aliphatic rings. The highest BCUT2D eigenvalue weighted by Gasteiger charge is 2.26. The molecule has 8 aromatic carbocycles. The largest absolute Gasteiger partial charge is 0.507 e. The molecule has 2 heterocycles. The molecule has 10 aromatic rings. The molecular weight excluding hydrogens is 815 g/mol. The summed E-state index contributed by atoms with van der Waals surface area (Å²) in [5, 5.41) is 12.2. The minimum atomic E-state index is -3.49. The van der Waals surface area contributed by atoms with E-state index in [4.69, 9.17) is 22.3 Å². The normalized spacial score (nSPS) is 14.4. The molecule has 0 saturated heterocycles. The Morgan fingerprint density at radius 1 is 0.463 bits per heavy atom. The SMILES string of the molecule is [2H]C([2H])([2H])C(c1ccc(-n2c(-c3cc(C(C)(C)C)cc(C)c3O)nc3c(-c4cc(-c5ccccc5)cc(-c5cc(-c6ccc(-c7ccccc7)cc6)ccn5)c4)cccc32)c(-c2ccccc2)c1)(C([2H])([2H])[2H])C([2H])([2H])[2H]. The van der Waals surface area contributed by atoms with Gasteiger partial charge < -0.3 is 5.11 Å². The molecule has 4 nitrogen and oxygen atoms in total. The fourth-order valence-corrected chi connectivity index (χ4v) is 8.93. The number of phenols is 1. The van der Waals surface area contributed by atoms with Crippen LogP contribution in [0.25, 0.3) is 95.0 Å². The molecule has 2 aromatic heterocycles. The van der Waals surface area contributed by atoms with E-state index < -0.39 is 26.0 Å². The smallest absolute Gasteiger partial charge is 0.149 e. The van der Waals surface area contributed by atoms with Crippen LogP contribution in [0, 0.1) is 6.92 Å². The minimum Gasteiger partial charge on any atom is -0.507 e. The summed E-state index contributed by atoms with van der Waals surface area (Å²) >= 11 is 0. The van der Waals surface area contributed by atoms with Gasteiger partial charge in [-0.25, -0.2) is 4.98 Å². The van der Waals surface area contributed by atoms with Gasteiger partial charge in [0, 0.05) is 35.2 Å². The Labute approximate surface area is 407 Å². The van der Waals surface area contributed by atoms with Crippen LogP contribution >= 0.6 is 0 Å². The third kappa shape index (κ3) is 8.48. The predicted molar refractivity (Wildman–Crippen MR) is 281 cm³/mol. The van der Waals surface area contributed by atoms with Gasteiger partial charge in [0.15, 0.2) is 0 Å². The Hall–Kier alpha value is -7.82. The molecule has 0 bridgehead atoms. The fourth-order valence-electron chi connectivity index (χ4n) is 8.93. The number of aromatic nitrogens is 3. The number of aromatic hydroxyl groups is 1. The Morgan fingerprint density at radius 2 is 1.04 bits per heavy atom. The van der Waals surface area contributed by atoms with Gasteiger partial charge in [0.2, 0.25) is 0 Å². The molecule has 328 valence electrons. The van der Waals surface area contributed by atoms with Crippen molar-refractivity contribution in [2.75, 3.05) is 0 Å². The molecule has 0 atom stereocenters. The van der Waals surface area contributed by atoms with E-state index >= 15 is 0 Å². The second-order valence-electron chi connectivity index (χ2n) is 18.3. The van der Waals surface area contributed by atoms with Crippen molar-refractivity contribution in [3.05, 3.63) is 217 Å². The fraction of sp³-hybridized carbons (Fsp3) is 0.143. The highest BCUT2D eigenvalue weighted by Crippen LogP contribution is 2.44. The van der Waals surface area contributed by atoms with Crippen molar-refractivity contribution in [3.8, 4) is 89.7 Å². The third-order valence-corrected chi connectivity index (χ3v) is 12.6. The highest BCUT2D eigenvalue weighted by molar-refractivity contribution is 5.98. The molecule has 0 fully saturated rings. The second kappa shape index (κ2) is 17.2. The maximum Gasteiger partial charge on any atom is 0.149 e. The van der Waals surface area contributed by atoms with E-state index in [-0.39, 0.29) is 16.7 Å². The number of hydrogen-bond acceptors (Lipinski definition) is 3. The number of fused-ring (bicyclic) bond motifs is 1. The zero-order valence-corrected chi connectivity index (χ0v) is 37.8. The second-order valence-corrected chi connectivity index (χ2v) is 18.3. The summed E-state index contributed by atoms with van der Waals surface area (Å²) in [5.41, 5.74) is 9.98. The molecule has 10 rings (SSSR count). The lowest BCUT2D eigenvalue weighted by Gasteiger charge is -2.24. The van der Waals surface area contributed by atoms with Crippen molar-refractivity contribution in [1.29, 1.82) is 0 Å². The minimum absolute atomic E-state index is 0.00392. The zero-order valence-electron chi connectivity index (χ0n) is 46.8. The van der Waals surface area contributed by atoms with Gasteiger partial charge in [-0.1, -0.05) is 181 Å². The van der Waals surface area contributed by atoms with Gasteiger partial charge in [-0.05, 0) is 134 Å². The summed E-state index contributed by atoms with van der Waals surface area (Å²) in [6.45, 7) is -2.36. The molecule has 0 saturated carbocycles. The number of pyridine rings is 1. The average Bonchev–Trinajstić information content (AvgIpc) is 3.88. The van der Waals surface area contributed by atoms with Gasteiger partial charge in [-0.2, -0.15) is 0 Å². The zero-order chi connectivity index (χ0) is 54.0. The van der Waals surface area contributed by atoms with Crippen molar-refractivity contribution in [2.24, 2.45) is 0 Å². The first-order valence-corrected chi connectivity index (χ1v) is 22.4. The lowest BCUT2D eigenvalue weighted by Crippen LogP contribution is -2.13. The molecule has 0 spiro atoms. The van der Waals surface area contributed by atoms with Gasteiger partial charge in [0.25, 0.3) is 0 Å². The first-order chi connectivity index (χ1) is 36.0. The van der Waals surface area contributed by atoms with E-state index in [1.165, 1.54) is 12.1 Å². The van der Waals surface area contributed by atoms with Crippen LogP contribution in [-0.2, 0) is 10.8 Å². The van der Waals surface area contributed by atoms with Gasteiger partial charge in [-0.3, -0.25) is 9.55 Å². The third-order valence-electron chi connectivity index (χ3n) is 12.6. The predicted octanol–water partition coefficient (Wildman–Crippen LogP) is 16.7. The van der Waals surface area contributed by atoms with Gasteiger partial charge >= 0.3 is 0 Å². The van der Waals surface area contributed by atoms with Crippen LogP contribution in [0.2, 0.25) is 0 Å². The average molecular weight is 879 g/mol. The summed E-state index contributed by atoms with van der Waals surface area (Å²) in [5.74, 6) is 0.351. The van der Waals surface area contributed by atoms with Crippen LogP contribution in [0.3, 0.4) is 0 Å². The van der Waals surface area contributed by atoms with Crippen LogP contribution in [0.15, 0.2) is 200 Å². The number of benzene rings is 8. The van der Waals surface area contributed by atoms with Gasteiger partial charge in [-0.15, -0.1) is 0 Å².